The highest BCUT2D eigenvalue weighted by atomic mass is 16.4. The van der Waals surface area contributed by atoms with Gasteiger partial charge in [-0.05, 0) is 29.7 Å². The second-order valence-corrected chi connectivity index (χ2v) is 5.15. The summed E-state index contributed by atoms with van der Waals surface area (Å²) in [6.07, 6.45) is -1.29. The van der Waals surface area contributed by atoms with Crippen molar-refractivity contribution < 1.29 is 15.0 Å². The van der Waals surface area contributed by atoms with E-state index in [0.29, 0.717) is 24.2 Å². The predicted molar refractivity (Wildman–Crippen MR) is 85.6 cm³/mol. The van der Waals surface area contributed by atoms with Crippen molar-refractivity contribution in [2.45, 2.75) is 12.5 Å². The number of hydrogen-bond acceptors (Lipinski definition) is 3. The molecular formula is C17H20N2O3. The van der Waals surface area contributed by atoms with Crippen molar-refractivity contribution in [3.8, 4) is 0 Å². The number of nitrogens with zero attached hydrogens (tertiary/aromatic N) is 1. The molecule has 2 aromatic rings. The molecule has 1 atom stereocenters. The zero-order valence-corrected chi connectivity index (χ0v) is 12.2. The number of nitrogen functional groups attached to an aromatic ring is 1. The molecule has 0 saturated carbocycles. The maximum absolute atomic E-state index is 11.3. The molecule has 0 aromatic heterocycles. The molecule has 0 unspecified atom stereocenters. The Bertz CT molecular complexity index is 599. The first-order valence-corrected chi connectivity index (χ1v) is 7.11. The lowest BCUT2D eigenvalue weighted by atomic mass is 10.1. The first-order chi connectivity index (χ1) is 10.6. The van der Waals surface area contributed by atoms with Crippen LogP contribution in [-0.4, -0.2) is 34.3 Å². The Morgan fingerprint density at radius 2 is 1.73 bits per heavy atom. The Hall–Kier alpha value is -2.53. The Kier molecular flexibility index (Phi) is 5.38. The number of benzene rings is 2. The zero-order chi connectivity index (χ0) is 15.9. The van der Waals surface area contributed by atoms with Gasteiger partial charge in [-0.2, -0.15) is 0 Å². The summed E-state index contributed by atoms with van der Waals surface area (Å²) < 4.78 is 0. The van der Waals surface area contributed by atoms with Crippen LogP contribution in [0, 0.1) is 0 Å². The Morgan fingerprint density at radius 3 is 2.32 bits per heavy atom. The number of anilines is 1. The van der Waals surface area contributed by atoms with E-state index in [0.717, 1.165) is 5.56 Å². The first kappa shape index (κ1) is 15.9. The van der Waals surface area contributed by atoms with Crippen molar-refractivity contribution >= 4 is 11.8 Å². The first-order valence-electron chi connectivity index (χ1n) is 7.11. The summed E-state index contributed by atoms with van der Waals surface area (Å²) in [6, 6.07) is 16.4. The van der Waals surface area contributed by atoms with Crippen LogP contribution in [0.3, 0.4) is 0 Å². The fourth-order valence-electron chi connectivity index (χ4n) is 2.20. The van der Waals surface area contributed by atoms with Crippen molar-refractivity contribution in [2.75, 3.05) is 18.8 Å². The largest absolute Gasteiger partial charge is 0.465 e. The summed E-state index contributed by atoms with van der Waals surface area (Å²) in [5, 5.41) is 19.4. The lowest BCUT2D eigenvalue weighted by molar-refractivity contribution is 0.0973. The van der Waals surface area contributed by atoms with E-state index in [9.17, 15) is 15.0 Å². The molecule has 0 aliphatic carbocycles. The molecule has 116 valence electrons. The molecule has 0 aliphatic heterocycles. The lowest BCUT2D eigenvalue weighted by Crippen LogP contribution is -2.35. The van der Waals surface area contributed by atoms with Crippen molar-refractivity contribution in [1.82, 2.24) is 4.90 Å². The van der Waals surface area contributed by atoms with Gasteiger partial charge < -0.3 is 20.8 Å². The summed E-state index contributed by atoms with van der Waals surface area (Å²) >= 11 is 0. The number of nitrogens with two attached hydrogens (primary N) is 1. The molecule has 0 heterocycles. The molecule has 0 bridgehead atoms. The van der Waals surface area contributed by atoms with Gasteiger partial charge in [0.2, 0.25) is 0 Å². The normalized spacial score (nSPS) is 11.9. The number of hydrogen-bond donors (Lipinski definition) is 3. The van der Waals surface area contributed by atoms with Crippen LogP contribution < -0.4 is 5.73 Å². The fraction of sp³-hybridized carbons (Fsp3) is 0.235. The van der Waals surface area contributed by atoms with Gasteiger partial charge in [0.25, 0.3) is 0 Å². The van der Waals surface area contributed by atoms with E-state index >= 15 is 0 Å². The van der Waals surface area contributed by atoms with Gasteiger partial charge in [0, 0.05) is 12.2 Å². The van der Waals surface area contributed by atoms with Crippen molar-refractivity contribution in [3.05, 3.63) is 65.7 Å². The number of rotatable bonds is 6. The smallest absolute Gasteiger partial charge is 0.407 e. The SMILES string of the molecule is Nc1ccc(CCN(C[C@H](O)c2ccccc2)C(=O)O)cc1. The molecule has 0 aliphatic rings. The van der Waals surface area contributed by atoms with Crippen LogP contribution in [0.4, 0.5) is 10.5 Å². The van der Waals surface area contributed by atoms with Gasteiger partial charge in [0.15, 0.2) is 0 Å². The van der Waals surface area contributed by atoms with Gasteiger partial charge in [0.1, 0.15) is 0 Å². The van der Waals surface area contributed by atoms with E-state index < -0.39 is 12.2 Å². The average Bonchev–Trinajstić information content (AvgIpc) is 2.53. The van der Waals surface area contributed by atoms with Gasteiger partial charge >= 0.3 is 6.09 Å². The second-order valence-electron chi connectivity index (χ2n) is 5.15. The maximum atomic E-state index is 11.3. The number of carbonyl (C=O) groups is 1. The third-order valence-electron chi connectivity index (χ3n) is 3.50. The molecule has 4 N–H and O–H groups in total. The Balaban J connectivity index is 1.95. The molecule has 2 aromatic carbocycles. The van der Waals surface area contributed by atoms with E-state index in [-0.39, 0.29) is 6.54 Å². The third kappa shape index (κ3) is 4.49. The summed E-state index contributed by atoms with van der Waals surface area (Å²) in [5.74, 6) is 0. The minimum Gasteiger partial charge on any atom is -0.465 e. The standard InChI is InChI=1S/C17H20N2O3/c18-15-8-6-13(7-9-15)10-11-19(17(21)22)12-16(20)14-4-2-1-3-5-14/h1-9,16,20H,10-12,18H2,(H,21,22)/t16-/m0/s1. The molecule has 1 amide bonds. The number of amides is 1. The van der Waals surface area contributed by atoms with Crippen LogP contribution in [0.15, 0.2) is 54.6 Å². The second kappa shape index (κ2) is 7.47. The topological polar surface area (TPSA) is 86.8 Å². The van der Waals surface area contributed by atoms with Gasteiger partial charge in [-0.25, -0.2) is 4.79 Å². The highest BCUT2D eigenvalue weighted by Gasteiger charge is 2.17. The lowest BCUT2D eigenvalue weighted by Gasteiger charge is -2.22. The third-order valence-corrected chi connectivity index (χ3v) is 3.50. The predicted octanol–water partition coefficient (Wildman–Crippen LogP) is 2.52. The highest BCUT2D eigenvalue weighted by molar-refractivity contribution is 5.65. The van der Waals surface area contributed by atoms with E-state index in [4.69, 9.17) is 5.73 Å². The molecule has 2 rings (SSSR count). The highest BCUT2D eigenvalue weighted by Crippen LogP contribution is 2.14. The summed E-state index contributed by atoms with van der Waals surface area (Å²) in [7, 11) is 0. The quantitative estimate of drug-likeness (QED) is 0.715. The Morgan fingerprint density at radius 1 is 1.09 bits per heavy atom. The summed E-state index contributed by atoms with van der Waals surface area (Å²) in [5.41, 5.74) is 8.02. The van der Waals surface area contributed by atoms with E-state index in [1.54, 1.807) is 24.3 Å². The van der Waals surface area contributed by atoms with Crippen LogP contribution in [0.5, 0.6) is 0 Å². The van der Waals surface area contributed by atoms with Gasteiger partial charge in [-0.3, -0.25) is 0 Å². The molecule has 0 saturated heterocycles. The maximum Gasteiger partial charge on any atom is 0.407 e. The van der Waals surface area contributed by atoms with Gasteiger partial charge in [-0.15, -0.1) is 0 Å². The number of aliphatic hydroxyl groups is 1. The summed E-state index contributed by atoms with van der Waals surface area (Å²) in [6.45, 7) is 0.372. The van der Waals surface area contributed by atoms with Crippen LogP contribution in [0.1, 0.15) is 17.2 Å². The van der Waals surface area contributed by atoms with E-state index in [1.807, 2.05) is 30.3 Å². The van der Waals surface area contributed by atoms with E-state index in [1.165, 1.54) is 4.90 Å². The fourth-order valence-corrected chi connectivity index (χ4v) is 2.20. The number of aliphatic hydroxyl groups excluding tert-OH is 1. The molecule has 0 fully saturated rings. The van der Waals surface area contributed by atoms with Gasteiger partial charge in [0.05, 0.1) is 12.6 Å². The van der Waals surface area contributed by atoms with Crippen LogP contribution in [-0.2, 0) is 6.42 Å². The van der Waals surface area contributed by atoms with Crippen LogP contribution in [0.25, 0.3) is 0 Å². The molecule has 5 nitrogen and oxygen atoms in total. The minimum atomic E-state index is -1.04. The molecule has 0 spiro atoms. The minimum absolute atomic E-state index is 0.0499. The average molecular weight is 300 g/mol. The van der Waals surface area contributed by atoms with Crippen LogP contribution >= 0.6 is 0 Å². The monoisotopic (exact) mass is 300 g/mol. The zero-order valence-electron chi connectivity index (χ0n) is 12.2. The summed E-state index contributed by atoms with van der Waals surface area (Å²) in [4.78, 5) is 12.6. The molecule has 22 heavy (non-hydrogen) atoms. The molecular weight excluding hydrogens is 280 g/mol. The van der Waals surface area contributed by atoms with Crippen LogP contribution in [0.2, 0.25) is 0 Å². The van der Waals surface area contributed by atoms with E-state index in [2.05, 4.69) is 0 Å². The van der Waals surface area contributed by atoms with Crippen molar-refractivity contribution in [1.29, 1.82) is 0 Å². The number of carboxylic acid groups (broad SMARTS) is 1. The van der Waals surface area contributed by atoms with Crippen molar-refractivity contribution in [3.63, 3.8) is 0 Å². The molecule has 0 radical (unpaired) electrons. The Labute approximate surface area is 129 Å². The molecule has 5 heteroatoms. The van der Waals surface area contributed by atoms with Gasteiger partial charge in [-0.1, -0.05) is 42.5 Å². The van der Waals surface area contributed by atoms with Crippen molar-refractivity contribution in [2.24, 2.45) is 0 Å².